The van der Waals surface area contributed by atoms with E-state index in [9.17, 15) is 4.79 Å². The van der Waals surface area contributed by atoms with Gasteiger partial charge in [0.25, 0.3) is 0 Å². The number of rotatable bonds is 3. The van der Waals surface area contributed by atoms with Gasteiger partial charge in [-0.2, -0.15) is 9.78 Å². The van der Waals surface area contributed by atoms with Gasteiger partial charge in [0.2, 0.25) is 0 Å². The van der Waals surface area contributed by atoms with Crippen molar-refractivity contribution >= 4 is 0 Å². The Balaban J connectivity index is 1.93. The van der Waals surface area contributed by atoms with Gasteiger partial charge in [0.15, 0.2) is 0 Å². The van der Waals surface area contributed by atoms with E-state index in [0.717, 1.165) is 16.8 Å². The molecular formula is C16H15N3O. The van der Waals surface area contributed by atoms with Crippen LogP contribution in [0, 0.1) is 6.92 Å². The summed E-state index contributed by atoms with van der Waals surface area (Å²) in [6, 6.07) is 17.6. The van der Waals surface area contributed by atoms with E-state index in [0.29, 0.717) is 6.54 Å². The third kappa shape index (κ3) is 2.40. The van der Waals surface area contributed by atoms with Crippen LogP contribution in [0.3, 0.4) is 0 Å². The molecule has 0 aliphatic heterocycles. The number of benzene rings is 2. The van der Waals surface area contributed by atoms with E-state index in [-0.39, 0.29) is 5.69 Å². The first kappa shape index (κ1) is 12.4. The molecule has 100 valence electrons. The highest BCUT2D eigenvalue weighted by atomic mass is 16.2. The molecule has 0 saturated carbocycles. The maximum Gasteiger partial charge on any atom is 0.350 e. The summed E-state index contributed by atoms with van der Waals surface area (Å²) in [6.45, 7) is 2.55. The van der Waals surface area contributed by atoms with Gasteiger partial charge in [-0.1, -0.05) is 48.0 Å². The standard InChI is InChI=1S/C16H15N3O/c1-13-7-9-15(10-8-13)19-16(20)18(12-17-19)11-14-5-3-2-4-6-14/h2-10,12H,11H2,1H3. The first-order chi connectivity index (χ1) is 9.74. The molecule has 0 spiro atoms. The van der Waals surface area contributed by atoms with E-state index >= 15 is 0 Å². The normalized spacial score (nSPS) is 10.7. The Labute approximate surface area is 116 Å². The molecule has 0 bridgehead atoms. The van der Waals surface area contributed by atoms with Crippen LogP contribution in [0.25, 0.3) is 5.69 Å². The van der Waals surface area contributed by atoms with Gasteiger partial charge in [0.1, 0.15) is 6.33 Å². The van der Waals surface area contributed by atoms with Crippen LogP contribution >= 0.6 is 0 Å². The zero-order valence-corrected chi connectivity index (χ0v) is 11.2. The number of hydrogen-bond acceptors (Lipinski definition) is 2. The number of hydrogen-bond donors (Lipinski definition) is 0. The number of aryl methyl sites for hydroxylation is 1. The van der Waals surface area contributed by atoms with Crippen molar-refractivity contribution in [1.29, 1.82) is 0 Å². The Morgan fingerprint density at radius 2 is 1.70 bits per heavy atom. The molecule has 1 aromatic heterocycles. The van der Waals surface area contributed by atoms with Gasteiger partial charge in [-0.15, -0.1) is 0 Å². The average molecular weight is 265 g/mol. The molecule has 1 heterocycles. The molecule has 0 fully saturated rings. The Morgan fingerprint density at radius 3 is 2.40 bits per heavy atom. The highest BCUT2D eigenvalue weighted by molar-refractivity contribution is 5.32. The molecule has 0 aliphatic rings. The molecule has 4 nitrogen and oxygen atoms in total. The molecule has 3 aromatic rings. The second-order valence-corrected chi connectivity index (χ2v) is 4.77. The van der Waals surface area contributed by atoms with Crippen molar-refractivity contribution in [3.63, 3.8) is 0 Å². The van der Waals surface area contributed by atoms with Crippen LogP contribution in [0.15, 0.2) is 65.7 Å². The minimum absolute atomic E-state index is 0.127. The minimum atomic E-state index is -0.127. The minimum Gasteiger partial charge on any atom is -0.277 e. The fraction of sp³-hybridized carbons (Fsp3) is 0.125. The number of nitrogens with zero attached hydrogens (tertiary/aromatic N) is 3. The lowest BCUT2D eigenvalue weighted by Crippen LogP contribution is -2.24. The zero-order chi connectivity index (χ0) is 13.9. The first-order valence-corrected chi connectivity index (χ1v) is 6.49. The molecule has 0 N–H and O–H groups in total. The van der Waals surface area contributed by atoms with Crippen LogP contribution in [0.1, 0.15) is 11.1 Å². The van der Waals surface area contributed by atoms with E-state index in [1.165, 1.54) is 4.68 Å². The lowest BCUT2D eigenvalue weighted by Gasteiger charge is -2.01. The quantitative estimate of drug-likeness (QED) is 0.729. The summed E-state index contributed by atoms with van der Waals surface area (Å²) in [4.78, 5) is 12.3. The van der Waals surface area contributed by atoms with Crippen LogP contribution in [-0.2, 0) is 6.54 Å². The topological polar surface area (TPSA) is 39.8 Å². The van der Waals surface area contributed by atoms with Gasteiger partial charge in [0.05, 0.1) is 12.2 Å². The van der Waals surface area contributed by atoms with Crippen molar-refractivity contribution in [3.8, 4) is 5.69 Å². The van der Waals surface area contributed by atoms with Crippen LogP contribution in [0.2, 0.25) is 0 Å². The molecule has 2 aromatic carbocycles. The Morgan fingerprint density at radius 1 is 1.00 bits per heavy atom. The maximum absolute atomic E-state index is 12.3. The molecule has 0 unspecified atom stereocenters. The fourth-order valence-corrected chi connectivity index (χ4v) is 2.09. The Hall–Kier alpha value is -2.62. The van der Waals surface area contributed by atoms with Gasteiger partial charge < -0.3 is 0 Å². The van der Waals surface area contributed by atoms with Crippen LogP contribution in [-0.4, -0.2) is 14.3 Å². The van der Waals surface area contributed by atoms with E-state index in [2.05, 4.69) is 5.10 Å². The van der Waals surface area contributed by atoms with E-state index in [1.54, 1.807) is 10.9 Å². The summed E-state index contributed by atoms with van der Waals surface area (Å²) in [5.41, 5.74) is 2.90. The second kappa shape index (κ2) is 5.17. The summed E-state index contributed by atoms with van der Waals surface area (Å²) in [6.07, 6.45) is 1.58. The summed E-state index contributed by atoms with van der Waals surface area (Å²) >= 11 is 0. The monoisotopic (exact) mass is 265 g/mol. The van der Waals surface area contributed by atoms with E-state index in [4.69, 9.17) is 0 Å². The lowest BCUT2D eigenvalue weighted by atomic mass is 10.2. The molecular weight excluding hydrogens is 250 g/mol. The molecule has 0 saturated heterocycles. The molecule has 3 rings (SSSR count). The van der Waals surface area contributed by atoms with Crippen LogP contribution in [0.4, 0.5) is 0 Å². The van der Waals surface area contributed by atoms with E-state index in [1.807, 2.05) is 61.5 Å². The third-order valence-electron chi connectivity index (χ3n) is 3.21. The molecule has 0 amide bonds. The van der Waals surface area contributed by atoms with Crippen molar-refractivity contribution in [2.75, 3.05) is 0 Å². The average Bonchev–Trinajstić information content (AvgIpc) is 2.83. The van der Waals surface area contributed by atoms with Crippen molar-refractivity contribution in [3.05, 3.63) is 82.5 Å². The fourth-order valence-electron chi connectivity index (χ4n) is 2.09. The summed E-state index contributed by atoms with van der Waals surface area (Å²) in [7, 11) is 0. The molecule has 0 atom stereocenters. The first-order valence-electron chi connectivity index (χ1n) is 6.49. The number of aromatic nitrogens is 3. The van der Waals surface area contributed by atoms with Crippen molar-refractivity contribution in [2.45, 2.75) is 13.5 Å². The summed E-state index contributed by atoms with van der Waals surface area (Å²) < 4.78 is 3.03. The molecule has 4 heteroatoms. The van der Waals surface area contributed by atoms with Gasteiger partial charge in [-0.3, -0.25) is 4.57 Å². The Kier molecular flexibility index (Phi) is 3.21. The third-order valence-corrected chi connectivity index (χ3v) is 3.21. The maximum atomic E-state index is 12.3. The highest BCUT2D eigenvalue weighted by Gasteiger charge is 2.07. The van der Waals surface area contributed by atoms with Crippen LogP contribution in [0.5, 0.6) is 0 Å². The SMILES string of the molecule is Cc1ccc(-n2ncn(Cc3ccccc3)c2=O)cc1. The molecule has 20 heavy (non-hydrogen) atoms. The molecule has 0 aliphatic carbocycles. The largest absolute Gasteiger partial charge is 0.350 e. The summed E-state index contributed by atoms with van der Waals surface area (Å²) in [5.74, 6) is 0. The predicted octanol–water partition coefficient (Wildman–Crippen LogP) is 2.39. The summed E-state index contributed by atoms with van der Waals surface area (Å²) in [5, 5.41) is 4.18. The lowest BCUT2D eigenvalue weighted by molar-refractivity contribution is 0.738. The predicted molar refractivity (Wildman–Crippen MR) is 78.1 cm³/mol. The zero-order valence-electron chi connectivity index (χ0n) is 11.2. The van der Waals surface area contributed by atoms with E-state index < -0.39 is 0 Å². The highest BCUT2D eigenvalue weighted by Crippen LogP contribution is 2.06. The van der Waals surface area contributed by atoms with Crippen molar-refractivity contribution < 1.29 is 0 Å². The van der Waals surface area contributed by atoms with Crippen molar-refractivity contribution in [2.24, 2.45) is 0 Å². The Bertz CT molecular complexity index is 754. The van der Waals surface area contributed by atoms with Gasteiger partial charge >= 0.3 is 5.69 Å². The molecule has 0 radical (unpaired) electrons. The second-order valence-electron chi connectivity index (χ2n) is 4.77. The van der Waals surface area contributed by atoms with Gasteiger partial charge in [0, 0.05) is 0 Å². The smallest absolute Gasteiger partial charge is 0.277 e. The van der Waals surface area contributed by atoms with Gasteiger partial charge in [-0.25, -0.2) is 4.79 Å². The van der Waals surface area contributed by atoms with Crippen LogP contribution < -0.4 is 5.69 Å². The van der Waals surface area contributed by atoms with Crippen molar-refractivity contribution in [1.82, 2.24) is 14.3 Å². The van der Waals surface area contributed by atoms with Gasteiger partial charge in [-0.05, 0) is 24.6 Å².